The van der Waals surface area contributed by atoms with Crippen molar-refractivity contribution in [2.45, 2.75) is 65.4 Å². The first kappa shape index (κ1) is 28.3. The van der Waals surface area contributed by atoms with Crippen LogP contribution >= 0.6 is 0 Å². The second-order valence-corrected chi connectivity index (χ2v) is 11.2. The number of nitrogens with zero attached hydrogens (tertiary/aromatic N) is 1. The van der Waals surface area contributed by atoms with Gasteiger partial charge in [0.05, 0.1) is 13.0 Å². The molecule has 1 aliphatic heterocycles. The highest BCUT2D eigenvalue weighted by Gasteiger charge is 2.28. The Labute approximate surface area is 241 Å². The zero-order valence-electron chi connectivity index (χ0n) is 24.1. The average Bonchev–Trinajstić information content (AvgIpc) is 3.31. The Morgan fingerprint density at radius 2 is 1.73 bits per heavy atom. The lowest BCUT2D eigenvalue weighted by Crippen LogP contribution is -2.19. The minimum absolute atomic E-state index is 0.0166. The quantitative estimate of drug-likeness (QED) is 0.332. The summed E-state index contributed by atoms with van der Waals surface area (Å²) in [7, 11) is 0. The summed E-state index contributed by atoms with van der Waals surface area (Å²) in [5, 5.41) is 9.16. The van der Waals surface area contributed by atoms with Crippen molar-refractivity contribution in [2.75, 3.05) is 6.61 Å². The van der Waals surface area contributed by atoms with E-state index in [1.165, 1.54) is 6.08 Å². The van der Waals surface area contributed by atoms with E-state index >= 15 is 4.39 Å². The Hall–Kier alpha value is -4.19. The number of allylic oxidation sites excluding steroid dienone is 3. The van der Waals surface area contributed by atoms with Crippen LogP contribution in [0.5, 0.6) is 11.5 Å². The molecule has 0 saturated heterocycles. The van der Waals surface area contributed by atoms with Crippen LogP contribution in [0.15, 0.2) is 72.6 Å². The molecule has 1 aromatic heterocycles. The molecule has 2 heterocycles. The topological polar surface area (TPSA) is 68.7 Å². The smallest absolute Gasteiger partial charge is 0.304 e. The van der Waals surface area contributed by atoms with E-state index in [2.05, 4.69) is 49.7 Å². The number of carboxylic acids is 1. The maximum absolute atomic E-state index is 15.3. The Morgan fingerprint density at radius 3 is 2.41 bits per heavy atom. The number of rotatable bonds is 6. The number of carbonyl (C=O) groups is 1. The van der Waals surface area contributed by atoms with E-state index < -0.39 is 17.9 Å². The van der Waals surface area contributed by atoms with Crippen LogP contribution in [0, 0.1) is 27.7 Å². The van der Waals surface area contributed by atoms with Crippen LogP contribution in [0.2, 0.25) is 0 Å². The number of halogens is 1. The van der Waals surface area contributed by atoms with Crippen LogP contribution in [0.4, 0.5) is 4.39 Å². The predicted octanol–water partition coefficient (Wildman–Crippen LogP) is 8.36. The molecule has 0 amide bonds. The van der Waals surface area contributed by atoms with Gasteiger partial charge in [-0.15, -0.1) is 0 Å². The standard InChI is InChI=1S/C35H36FNO4/c1-20-13-26(27-15-22(3)37-23(4)16-27)14-21(2)35(20)25-7-6-8-32(24(5)31(36)12-9-25)41-29-10-11-30-28(17-34(38)39)19-40-33(30)18-29/h9-16,18,28,32H,5-8,17,19H2,1-4H3,(H,38,39)/b25-9+,31-12+/t28-,32-/m1/s1. The van der Waals surface area contributed by atoms with E-state index in [-0.39, 0.29) is 12.3 Å². The molecule has 6 heteroatoms. The van der Waals surface area contributed by atoms with Crippen molar-refractivity contribution in [3.05, 3.63) is 106 Å². The molecule has 212 valence electrons. The predicted molar refractivity (Wildman–Crippen MR) is 160 cm³/mol. The first-order chi connectivity index (χ1) is 19.6. The molecule has 41 heavy (non-hydrogen) atoms. The first-order valence-electron chi connectivity index (χ1n) is 14.1. The zero-order chi connectivity index (χ0) is 29.3. The number of carboxylic acid groups (broad SMARTS) is 1. The molecule has 0 saturated carbocycles. The van der Waals surface area contributed by atoms with Crippen molar-refractivity contribution >= 4 is 11.5 Å². The maximum Gasteiger partial charge on any atom is 0.304 e. The highest BCUT2D eigenvalue weighted by molar-refractivity contribution is 5.77. The lowest BCUT2D eigenvalue weighted by atomic mass is 9.88. The minimum atomic E-state index is -0.857. The average molecular weight is 554 g/mol. The molecule has 0 bridgehead atoms. The largest absolute Gasteiger partial charge is 0.492 e. The summed E-state index contributed by atoms with van der Waals surface area (Å²) in [6.07, 6.45) is 5.04. The van der Waals surface area contributed by atoms with Crippen molar-refractivity contribution in [1.82, 2.24) is 4.98 Å². The number of benzene rings is 2. The lowest BCUT2D eigenvalue weighted by molar-refractivity contribution is -0.137. The van der Waals surface area contributed by atoms with Crippen LogP contribution in [-0.2, 0) is 4.79 Å². The van der Waals surface area contributed by atoms with Gasteiger partial charge in [-0.1, -0.05) is 30.9 Å². The van der Waals surface area contributed by atoms with E-state index in [4.69, 9.17) is 14.6 Å². The minimum Gasteiger partial charge on any atom is -0.492 e. The van der Waals surface area contributed by atoms with Gasteiger partial charge in [0, 0.05) is 34.5 Å². The number of ether oxygens (including phenoxy) is 2. The van der Waals surface area contributed by atoms with Crippen molar-refractivity contribution in [3.8, 4) is 22.6 Å². The number of hydrogen-bond donors (Lipinski definition) is 1. The summed E-state index contributed by atoms with van der Waals surface area (Å²) >= 11 is 0. The maximum atomic E-state index is 15.3. The van der Waals surface area contributed by atoms with Crippen LogP contribution in [-0.4, -0.2) is 28.8 Å². The van der Waals surface area contributed by atoms with Crippen LogP contribution in [0.3, 0.4) is 0 Å². The Bertz CT molecular complexity index is 1540. The third-order valence-electron chi connectivity index (χ3n) is 7.87. The monoisotopic (exact) mass is 553 g/mol. The van der Waals surface area contributed by atoms with Crippen LogP contribution < -0.4 is 9.47 Å². The number of aromatic nitrogens is 1. The zero-order valence-corrected chi connectivity index (χ0v) is 24.1. The van der Waals surface area contributed by atoms with E-state index in [1.807, 2.05) is 26.0 Å². The third kappa shape index (κ3) is 6.27. The second-order valence-electron chi connectivity index (χ2n) is 11.2. The third-order valence-corrected chi connectivity index (χ3v) is 7.87. The summed E-state index contributed by atoms with van der Waals surface area (Å²) in [5.74, 6) is -0.267. The molecular weight excluding hydrogens is 517 g/mol. The summed E-state index contributed by atoms with van der Waals surface area (Å²) in [6.45, 7) is 12.6. The summed E-state index contributed by atoms with van der Waals surface area (Å²) in [4.78, 5) is 15.7. The Kier molecular flexibility index (Phi) is 8.11. The summed E-state index contributed by atoms with van der Waals surface area (Å²) < 4.78 is 27.3. The van der Waals surface area contributed by atoms with Crippen molar-refractivity contribution in [1.29, 1.82) is 0 Å². The fraction of sp³-hybridized carbons (Fsp3) is 0.314. The molecule has 3 aromatic rings. The van der Waals surface area contributed by atoms with Crippen molar-refractivity contribution in [3.63, 3.8) is 0 Å². The molecule has 2 aliphatic rings. The summed E-state index contributed by atoms with van der Waals surface area (Å²) in [6, 6.07) is 14.0. The van der Waals surface area contributed by atoms with E-state index in [1.54, 1.807) is 12.1 Å². The molecular formula is C35H36FNO4. The second kappa shape index (κ2) is 11.7. The molecule has 0 fully saturated rings. The highest BCUT2D eigenvalue weighted by atomic mass is 19.1. The molecule has 0 radical (unpaired) electrons. The van der Waals surface area contributed by atoms with E-state index in [0.29, 0.717) is 30.1 Å². The Balaban J connectivity index is 1.34. The molecule has 0 spiro atoms. The number of aryl methyl sites for hydroxylation is 4. The molecule has 1 N–H and O–H groups in total. The number of aliphatic carboxylic acids is 1. The van der Waals surface area contributed by atoms with Gasteiger partial charge in [-0.3, -0.25) is 9.78 Å². The number of pyridine rings is 1. The van der Waals surface area contributed by atoms with Gasteiger partial charge in [-0.05, 0) is 105 Å². The normalized spacial score (nSPS) is 21.3. The number of fused-ring (bicyclic) bond motifs is 1. The molecule has 2 atom stereocenters. The first-order valence-corrected chi connectivity index (χ1v) is 14.1. The van der Waals surface area contributed by atoms with Gasteiger partial charge < -0.3 is 14.6 Å². The van der Waals surface area contributed by atoms with Crippen LogP contribution in [0.25, 0.3) is 16.7 Å². The fourth-order valence-corrected chi connectivity index (χ4v) is 6.02. The Morgan fingerprint density at radius 1 is 1.05 bits per heavy atom. The van der Waals surface area contributed by atoms with Gasteiger partial charge in [-0.2, -0.15) is 0 Å². The van der Waals surface area contributed by atoms with Crippen LogP contribution in [0.1, 0.15) is 65.2 Å². The SMILES string of the molecule is C=C1/C(F)=C\C=C(\c2c(C)cc(-c3cc(C)nc(C)c3)cc2C)CCC[C@H]1Oc1ccc2c(c1)OC[C@H]2CC(=O)O. The number of hydrogen-bond acceptors (Lipinski definition) is 4. The molecule has 0 unspecified atom stereocenters. The van der Waals surface area contributed by atoms with Gasteiger partial charge in [0.2, 0.25) is 0 Å². The van der Waals surface area contributed by atoms with Gasteiger partial charge >= 0.3 is 5.97 Å². The van der Waals surface area contributed by atoms with E-state index in [9.17, 15) is 4.79 Å². The van der Waals surface area contributed by atoms with Gasteiger partial charge in [0.25, 0.3) is 0 Å². The van der Waals surface area contributed by atoms with Crippen molar-refractivity contribution in [2.24, 2.45) is 0 Å². The molecule has 1 aliphatic carbocycles. The van der Waals surface area contributed by atoms with Gasteiger partial charge in [0.15, 0.2) is 0 Å². The highest BCUT2D eigenvalue weighted by Crippen LogP contribution is 2.40. The van der Waals surface area contributed by atoms with Gasteiger partial charge in [0.1, 0.15) is 23.4 Å². The lowest BCUT2D eigenvalue weighted by Gasteiger charge is -2.21. The van der Waals surface area contributed by atoms with Gasteiger partial charge in [-0.25, -0.2) is 4.39 Å². The molecule has 2 aromatic carbocycles. The van der Waals surface area contributed by atoms with E-state index in [0.717, 1.165) is 63.2 Å². The fourth-order valence-electron chi connectivity index (χ4n) is 6.02. The van der Waals surface area contributed by atoms with Crippen molar-refractivity contribution < 1.29 is 23.8 Å². The molecule has 5 rings (SSSR count). The molecule has 5 nitrogen and oxygen atoms in total. The summed E-state index contributed by atoms with van der Waals surface area (Å²) in [5.41, 5.74) is 9.99.